The zero-order valence-electron chi connectivity index (χ0n) is 15.3. The van der Waals surface area contributed by atoms with Crippen LogP contribution >= 0.6 is 0 Å². The molecule has 7 nitrogen and oxygen atoms in total. The van der Waals surface area contributed by atoms with E-state index in [-0.39, 0.29) is 32.3 Å². The van der Waals surface area contributed by atoms with Crippen LogP contribution in [0.3, 0.4) is 0 Å². The number of aryl methyl sites for hydroxylation is 1. The summed E-state index contributed by atoms with van der Waals surface area (Å²) in [6.07, 6.45) is 1.17. The van der Waals surface area contributed by atoms with Crippen LogP contribution in [0, 0.1) is 6.92 Å². The molecular weight excluding hydrogens is 368 g/mol. The van der Waals surface area contributed by atoms with Gasteiger partial charge in [-0.25, -0.2) is 8.42 Å². The summed E-state index contributed by atoms with van der Waals surface area (Å²) in [5.74, 6) is 0.838. The average Bonchev–Trinajstić information content (AvgIpc) is 3.09. The van der Waals surface area contributed by atoms with Crippen molar-refractivity contribution >= 4 is 15.9 Å². The second-order valence-corrected chi connectivity index (χ2v) is 8.39. The second kappa shape index (κ2) is 7.98. The van der Waals surface area contributed by atoms with E-state index in [1.54, 1.807) is 18.2 Å². The van der Waals surface area contributed by atoms with Crippen LogP contribution in [0.25, 0.3) is 0 Å². The second-order valence-electron chi connectivity index (χ2n) is 6.41. The van der Waals surface area contributed by atoms with Gasteiger partial charge >= 0.3 is 0 Å². The van der Waals surface area contributed by atoms with E-state index >= 15 is 0 Å². The minimum atomic E-state index is -3.40. The number of benzene rings is 2. The summed E-state index contributed by atoms with van der Waals surface area (Å²) in [5.41, 5.74) is 2.44. The molecule has 0 saturated carbocycles. The van der Waals surface area contributed by atoms with Crippen molar-refractivity contribution in [2.45, 2.75) is 13.5 Å². The van der Waals surface area contributed by atoms with Crippen LogP contribution in [-0.2, 0) is 16.6 Å². The van der Waals surface area contributed by atoms with Crippen molar-refractivity contribution in [3.8, 4) is 11.5 Å². The molecule has 0 saturated heterocycles. The van der Waals surface area contributed by atoms with Crippen molar-refractivity contribution in [2.24, 2.45) is 0 Å². The Hall–Kier alpha value is -2.58. The van der Waals surface area contributed by atoms with Crippen LogP contribution in [0.15, 0.2) is 42.5 Å². The fourth-order valence-corrected chi connectivity index (χ4v) is 3.50. The number of carbonyl (C=O) groups excluding carboxylic acids is 1. The number of carbonyl (C=O) groups is 1. The molecule has 1 aliphatic heterocycles. The van der Waals surface area contributed by atoms with Gasteiger partial charge in [-0.2, -0.15) is 4.31 Å². The Morgan fingerprint density at radius 2 is 1.81 bits per heavy atom. The molecule has 1 N–H and O–H groups in total. The Bertz CT molecular complexity index is 926. The number of amides is 1. The molecule has 0 unspecified atom stereocenters. The third-order valence-electron chi connectivity index (χ3n) is 4.23. The molecule has 1 heterocycles. The summed E-state index contributed by atoms with van der Waals surface area (Å²) in [7, 11) is -3.40. The maximum Gasteiger partial charge on any atom is 0.251 e. The SMILES string of the molecule is Cc1ccc(CN(CCNC(=O)c2ccc3c(c2)OCO3)S(C)(=O)=O)cc1. The Morgan fingerprint density at radius 1 is 1.11 bits per heavy atom. The van der Waals surface area contributed by atoms with Crippen LogP contribution in [0.4, 0.5) is 0 Å². The lowest BCUT2D eigenvalue weighted by Gasteiger charge is -2.20. The van der Waals surface area contributed by atoms with Gasteiger partial charge in [0.25, 0.3) is 5.91 Å². The number of nitrogens with zero attached hydrogens (tertiary/aromatic N) is 1. The molecule has 0 fully saturated rings. The fraction of sp³-hybridized carbons (Fsp3) is 0.316. The van der Waals surface area contributed by atoms with Gasteiger partial charge in [0.2, 0.25) is 16.8 Å². The zero-order chi connectivity index (χ0) is 19.4. The molecule has 3 rings (SSSR count). The third kappa shape index (κ3) is 4.99. The van der Waals surface area contributed by atoms with Gasteiger partial charge in [0.05, 0.1) is 6.26 Å². The number of ether oxygens (including phenoxy) is 2. The standard InChI is InChI=1S/C19H22N2O5S/c1-14-3-5-15(6-4-14)12-21(27(2,23)24)10-9-20-19(22)16-7-8-17-18(11-16)26-13-25-17/h3-8,11H,9-10,12-13H2,1-2H3,(H,20,22). The highest BCUT2D eigenvalue weighted by molar-refractivity contribution is 7.88. The highest BCUT2D eigenvalue weighted by atomic mass is 32.2. The summed E-state index contributed by atoms with van der Waals surface area (Å²) in [6.45, 7) is 2.76. The van der Waals surface area contributed by atoms with E-state index < -0.39 is 10.0 Å². The number of hydrogen-bond acceptors (Lipinski definition) is 5. The van der Waals surface area contributed by atoms with Gasteiger partial charge in [-0.1, -0.05) is 29.8 Å². The molecule has 0 aromatic heterocycles. The molecule has 2 aromatic rings. The maximum absolute atomic E-state index is 12.3. The molecule has 0 radical (unpaired) electrons. The first-order valence-electron chi connectivity index (χ1n) is 8.51. The number of sulfonamides is 1. The monoisotopic (exact) mass is 390 g/mol. The van der Waals surface area contributed by atoms with Crippen molar-refractivity contribution in [3.63, 3.8) is 0 Å². The first-order valence-corrected chi connectivity index (χ1v) is 10.4. The van der Waals surface area contributed by atoms with Crippen molar-refractivity contribution in [1.29, 1.82) is 0 Å². The first-order chi connectivity index (χ1) is 12.8. The fourth-order valence-electron chi connectivity index (χ4n) is 2.69. The number of nitrogens with one attached hydrogen (secondary N) is 1. The van der Waals surface area contributed by atoms with Gasteiger partial charge in [0.1, 0.15) is 0 Å². The van der Waals surface area contributed by atoms with E-state index in [0.717, 1.165) is 11.1 Å². The Labute approximate surface area is 158 Å². The normalized spacial score (nSPS) is 13.0. The summed E-state index contributed by atoms with van der Waals surface area (Å²) in [6, 6.07) is 12.6. The molecule has 27 heavy (non-hydrogen) atoms. The van der Waals surface area contributed by atoms with Crippen LogP contribution in [0.1, 0.15) is 21.5 Å². The Morgan fingerprint density at radius 3 is 2.52 bits per heavy atom. The van der Waals surface area contributed by atoms with E-state index in [0.29, 0.717) is 17.1 Å². The maximum atomic E-state index is 12.3. The molecule has 1 amide bonds. The highest BCUT2D eigenvalue weighted by Crippen LogP contribution is 2.32. The summed E-state index contributed by atoms with van der Waals surface area (Å²) < 4.78 is 35.9. The van der Waals surface area contributed by atoms with E-state index in [9.17, 15) is 13.2 Å². The van der Waals surface area contributed by atoms with Crippen LogP contribution in [-0.4, -0.2) is 44.8 Å². The first kappa shape index (κ1) is 19.2. The molecule has 0 atom stereocenters. The lowest BCUT2D eigenvalue weighted by molar-refractivity contribution is 0.0951. The summed E-state index contributed by atoms with van der Waals surface area (Å²) >= 11 is 0. The van der Waals surface area contributed by atoms with Gasteiger partial charge in [0.15, 0.2) is 11.5 Å². The Kier molecular flexibility index (Phi) is 5.67. The number of hydrogen-bond donors (Lipinski definition) is 1. The molecule has 0 spiro atoms. The minimum Gasteiger partial charge on any atom is -0.454 e. The molecule has 0 bridgehead atoms. The molecule has 1 aliphatic rings. The van der Waals surface area contributed by atoms with Crippen molar-refractivity contribution < 1.29 is 22.7 Å². The summed E-state index contributed by atoms with van der Waals surface area (Å²) in [4.78, 5) is 12.3. The quantitative estimate of drug-likeness (QED) is 0.781. The van der Waals surface area contributed by atoms with Crippen molar-refractivity contribution in [3.05, 3.63) is 59.2 Å². The molecule has 8 heteroatoms. The van der Waals surface area contributed by atoms with Gasteiger partial charge in [-0.15, -0.1) is 0 Å². The lowest BCUT2D eigenvalue weighted by atomic mass is 10.1. The minimum absolute atomic E-state index is 0.142. The van der Waals surface area contributed by atoms with E-state index in [1.807, 2.05) is 31.2 Å². The van der Waals surface area contributed by atoms with Crippen LogP contribution in [0.2, 0.25) is 0 Å². The predicted molar refractivity (Wildman–Crippen MR) is 101 cm³/mol. The number of fused-ring (bicyclic) bond motifs is 1. The van der Waals surface area contributed by atoms with Gasteiger partial charge in [0, 0.05) is 25.2 Å². The van der Waals surface area contributed by atoms with Crippen molar-refractivity contribution in [1.82, 2.24) is 9.62 Å². The van der Waals surface area contributed by atoms with Crippen LogP contribution < -0.4 is 14.8 Å². The molecule has 2 aromatic carbocycles. The van der Waals surface area contributed by atoms with Gasteiger partial charge < -0.3 is 14.8 Å². The van der Waals surface area contributed by atoms with E-state index in [4.69, 9.17) is 9.47 Å². The number of rotatable bonds is 7. The van der Waals surface area contributed by atoms with Gasteiger partial charge in [-0.05, 0) is 30.7 Å². The van der Waals surface area contributed by atoms with Crippen molar-refractivity contribution in [2.75, 3.05) is 26.1 Å². The molecule has 144 valence electrons. The van der Waals surface area contributed by atoms with Crippen LogP contribution in [0.5, 0.6) is 11.5 Å². The molecular formula is C19H22N2O5S. The van der Waals surface area contributed by atoms with Gasteiger partial charge in [-0.3, -0.25) is 4.79 Å². The molecule has 0 aliphatic carbocycles. The van der Waals surface area contributed by atoms with E-state index in [2.05, 4.69) is 5.32 Å². The zero-order valence-corrected chi connectivity index (χ0v) is 16.1. The third-order valence-corrected chi connectivity index (χ3v) is 5.48. The van der Waals surface area contributed by atoms with E-state index in [1.165, 1.54) is 10.6 Å². The highest BCUT2D eigenvalue weighted by Gasteiger charge is 2.19. The predicted octanol–water partition coefficient (Wildman–Crippen LogP) is 1.92. The smallest absolute Gasteiger partial charge is 0.251 e. The Balaban J connectivity index is 1.58. The lowest BCUT2D eigenvalue weighted by Crippen LogP contribution is -2.37. The summed E-state index contributed by atoms with van der Waals surface area (Å²) in [5, 5.41) is 2.75. The average molecular weight is 390 g/mol. The largest absolute Gasteiger partial charge is 0.454 e. The topological polar surface area (TPSA) is 84.9 Å².